The molecule has 0 bridgehead atoms. The van der Waals surface area contributed by atoms with Crippen LogP contribution in [0.1, 0.15) is 11.1 Å². The number of hydrogen-bond acceptors (Lipinski definition) is 3. The third-order valence-electron chi connectivity index (χ3n) is 3.92. The van der Waals surface area contributed by atoms with Crippen molar-refractivity contribution in [2.45, 2.75) is 13.8 Å². The first-order valence-corrected chi connectivity index (χ1v) is 7.64. The Morgan fingerprint density at radius 2 is 1.78 bits per heavy atom. The molecule has 0 N–H and O–H groups in total. The van der Waals surface area contributed by atoms with Crippen LogP contribution in [-0.4, -0.2) is 0 Å². The summed E-state index contributed by atoms with van der Waals surface area (Å²) in [5, 5.41) is 2.42. The van der Waals surface area contributed by atoms with Gasteiger partial charge in [-0.2, -0.15) is 0 Å². The maximum atomic E-state index is 12.0. The van der Waals surface area contributed by atoms with Crippen LogP contribution in [0.2, 0.25) is 5.02 Å². The van der Waals surface area contributed by atoms with Gasteiger partial charge in [0.1, 0.15) is 16.9 Å². The van der Waals surface area contributed by atoms with Crippen molar-refractivity contribution in [1.29, 1.82) is 0 Å². The zero-order valence-electron chi connectivity index (χ0n) is 12.6. The highest BCUT2D eigenvalue weighted by atomic mass is 35.5. The lowest BCUT2D eigenvalue weighted by atomic mass is 10.0. The fraction of sp³-hybridized carbons (Fsp3) is 0.105. The molecule has 0 aliphatic heterocycles. The Kier molecular flexibility index (Phi) is 3.06. The number of fused-ring (bicyclic) bond motifs is 2. The van der Waals surface area contributed by atoms with Gasteiger partial charge in [0, 0.05) is 27.4 Å². The third kappa shape index (κ3) is 2.34. The van der Waals surface area contributed by atoms with Crippen molar-refractivity contribution in [3.63, 3.8) is 0 Å². The van der Waals surface area contributed by atoms with Crippen LogP contribution in [0.4, 0.5) is 0 Å². The van der Waals surface area contributed by atoms with Crippen LogP contribution in [-0.2, 0) is 0 Å². The van der Waals surface area contributed by atoms with E-state index in [-0.39, 0.29) is 0 Å². The molecule has 4 aromatic rings. The van der Waals surface area contributed by atoms with E-state index in [2.05, 4.69) is 0 Å². The number of halogens is 1. The summed E-state index contributed by atoms with van der Waals surface area (Å²) in [6.07, 6.45) is 0. The standard InChI is InChI=1S/C19H13ClO3/c1-10-5-11(2)19-15(6-10)14(9-18(21)23-19)17-8-12-7-13(20)3-4-16(12)22-17/h3-9H,1-2H3. The molecule has 4 heteroatoms. The highest BCUT2D eigenvalue weighted by molar-refractivity contribution is 6.31. The predicted molar refractivity (Wildman–Crippen MR) is 92.2 cm³/mol. The smallest absolute Gasteiger partial charge is 0.336 e. The molecule has 0 aliphatic rings. The maximum Gasteiger partial charge on any atom is 0.336 e. The maximum absolute atomic E-state index is 12.0. The van der Waals surface area contributed by atoms with Gasteiger partial charge in [-0.3, -0.25) is 0 Å². The summed E-state index contributed by atoms with van der Waals surface area (Å²) in [4.78, 5) is 12.0. The Morgan fingerprint density at radius 1 is 0.957 bits per heavy atom. The molecule has 0 saturated heterocycles. The number of aryl methyl sites for hydroxylation is 2. The molecule has 3 nitrogen and oxygen atoms in total. The summed E-state index contributed by atoms with van der Waals surface area (Å²) in [5.74, 6) is 0.630. The number of furan rings is 1. The molecule has 0 saturated carbocycles. The Morgan fingerprint density at radius 3 is 2.61 bits per heavy atom. The van der Waals surface area contributed by atoms with Gasteiger partial charge in [0.15, 0.2) is 0 Å². The molecule has 0 unspecified atom stereocenters. The van der Waals surface area contributed by atoms with Gasteiger partial charge in [0.05, 0.1) is 0 Å². The van der Waals surface area contributed by atoms with E-state index < -0.39 is 5.63 Å². The molecule has 0 aliphatic carbocycles. The number of hydrogen-bond donors (Lipinski definition) is 0. The van der Waals surface area contributed by atoms with Crippen molar-refractivity contribution in [1.82, 2.24) is 0 Å². The largest absolute Gasteiger partial charge is 0.456 e. The van der Waals surface area contributed by atoms with Crippen molar-refractivity contribution in [3.8, 4) is 11.3 Å². The van der Waals surface area contributed by atoms with E-state index in [0.29, 0.717) is 16.4 Å². The van der Waals surface area contributed by atoms with Crippen LogP contribution in [0.15, 0.2) is 56.1 Å². The first-order chi connectivity index (χ1) is 11.0. The average molecular weight is 325 g/mol. The van der Waals surface area contributed by atoms with Crippen molar-refractivity contribution in [3.05, 3.63) is 69.0 Å². The van der Waals surface area contributed by atoms with Gasteiger partial charge in [-0.1, -0.05) is 17.7 Å². The van der Waals surface area contributed by atoms with Crippen LogP contribution >= 0.6 is 11.6 Å². The minimum atomic E-state index is -0.391. The fourth-order valence-electron chi connectivity index (χ4n) is 2.97. The molecule has 2 aromatic carbocycles. The molecule has 23 heavy (non-hydrogen) atoms. The minimum absolute atomic E-state index is 0.391. The summed E-state index contributed by atoms with van der Waals surface area (Å²) in [7, 11) is 0. The topological polar surface area (TPSA) is 43.4 Å². The fourth-order valence-corrected chi connectivity index (χ4v) is 3.15. The van der Waals surface area contributed by atoms with E-state index in [4.69, 9.17) is 20.4 Å². The Balaban J connectivity index is 2.08. The quantitative estimate of drug-likeness (QED) is 0.436. The van der Waals surface area contributed by atoms with Gasteiger partial charge in [-0.05, 0) is 55.3 Å². The SMILES string of the molecule is Cc1cc(C)c2oc(=O)cc(-c3cc4cc(Cl)ccc4o3)c2c1. The van der Waals surface area contributed by atoms with Gasteiger partial charge in [0.2, 0.25) is 0 Å². The Hall–Kier alpha value is -2.52. The first-order valence-electron chi connectivity index (χ1n) is 7.26. The molecule has 114 valence electrons. The molecule has 0 radical (unpaired) electrons. The van der Waals surface area contributed by atoms with Crippen molar-refractivity contribution in [2.75, 3.05) is 0 Å². The average Bonchev–Trinajstić information content (AvgIpc) is 2.90. The molecule has 4 rings (SSSR count). The van der Waals surface area contributed by atoms with E-state index in [1.54, 1.807) is 6.07 Å². The lowest BCUT2D eigenvalue weighted by molar-refractivity contribution is 0.557. The summed E-state index contributed by atoms with van der Waals surface area (Å²) < 4.78 is 11.3. The number of benzene rings is 2. The lowest BCUT2D eigenvalue weighted by Crippen LogP contribution is -1.99. The van der Waals surface area contributed by atoms with Crippen molar-refractivity contribution in [2.24, 2.45) is 0 Å². The second-order valence-corrected chi connectivity index (χ2v) is 6.17. The van der Waals surface area contributed by atoms with E-state index in [1.807, 2.05) is 44.2 Å². The van der Waals surface area contributed by atoms with E-state index >= 15 is 0 Å². The first kappa shape index (κ1) is 14.1. The highest BCUT2D eigenvalue weighted by Crippen LogP contribution is 2.34. The second-order valence-electron chi connectivity index (χ2n) is 5.73. The van der Waals surface area contributed by atoms with Crippen molar-refractivity contribution >= 4 is 33.5 Å². The van der Waals surface area contributed by atoms with E-state index in [0.717, 1.165) is 33.0 Å². The minimum Gasteiger partial charge on any atom is -0.456 e. The molecule has 0 fully saturated rings. The second kappa shape index (κ2) is 5.00. The van der Waals surface area contributed by atoms with Crippen LogP contribution in [0.3, 0.4) is 0 Å². The molecular formula is C19H13ClO3. The number of rotatable bonds is 1. The lowest BCUT2D eigenvalue weighted by Gasteiger charge is -2.06. The molecule has 0 amide bonds. The normalized spacial score (nSPS) is 11.4. The highest BCUT2D eigenvalue weighted by Gasteiger charge is 2.14. The molecule has 2 aromatic heterocycles. The zero-order chi connectivity index (χ0) is 16.1. The van der Waals surface area contributed by atoms with Gasteiger partial charge >= 0.3 is 5.63 Å². The molecule has 0 atom stereocenters. The van der Waals surface area contributed by atoms with Crippen LogP contribution in [0.25, 0.3) is 33.3 Å². The molecule has 0 spiro atoms. The van der Waals surface area contributed by atoms with Gasteiger partial charge in [-0.25, -0.2) is 4.79 Å². The Bertz CT molecular complexity index is 1120. The third-order valence-corrected chi connectivity index (χ3v) is 4.15. The van der Waals surface area contributed by atoms with Gasteiger partial charge in [0.25, 0.3) is 0 Å². The Labute approximate surface area is 137 Å². The monoisotopic (exact) mass is 324 g/mol. The molecular weight excluding hydrogens is 312 g/mol. The van der Waals surface area contributed by atoms with Gasteiger partial charge < -0.3 is 8.83 Å². The van der Waals surface area contributed by atoms with Crippen LogP contribution < -0.4 is 5.63 Å². The molecule has 2 heterocycles. The van der Waals surface area contributed by atoms with E-state index in [9.17, 15) is 4.79 Å². The summed E-state index contributed by atoms with van der Waals surface area (Å²) >= 11 is 6.03. The van der Waals surface area contributed by atoms with Gasteiger partial charge in [-0.15, -0.1) is 0 Å². The zero-order valence-corrected chi connectivity index (χ0v) is 13.4. The summed E-state index contributed by atoms with van der Waals surface area (Å²) in [6, 6.07) is 12.8. The summed E-state index contributed by atoms with van der Waals surface area (Å²) in [5.41, 5.74) is 3.70. The van der Waals surface area contributed by atoms with E-state index in [1.165, 1.54) is 6.07 Å². The summed E-state index contributed by atoms with van der Waals surface area (Å²) in [6.45, 7) is 3.94. The van der Waals surface area contributed by atoms with Crippen LogP contribution in [0.5, 0.6) is 0 Å². The predicted octanol–water partition coefficient (Wildman–Crippen LogP) is 5.48. The van der Waals surface area contributed by atoms with Crippen molar-refractivity contribution < 1.29 is 8.83 Å². The van der Waals surface area contributed by atoms with Crippen LogP contribution in [0, 0.1) is 13.8 Å².